The molecule has 0 saturated carbocycles. The number of hydrogen-bond donors (Lipinski definition) is 1. The molecule has 1 aromatic carbocycles. The van der Waals surface area contributed by atoms with Gasteiger partial charge in [-0.25, -0.2) is 4.98 Å². The van der Waals surface area contributed by atoms with Crippen molar-refractivity contribution in [2.45, 2.75) is 0 Å². The van der Waals surface area contributed by atoms with E-state index in [0.29, 0.717) is 21.8 Å². The van der Waals surface area contributed by atoms with Gasteiger partial charge in [0.1, 0.15) is 7.19 Å². The summed E-state index contributed by atoms with van der Waals surface area (Å²) in [5.74, 6) is -1.32. The van der Waals surface area contributed by atoms with Crippen LogP contribution in [0.5, 0.6) is 11.5 Å². The van der Waals surface area contributed by atoms with E-state index in [1.54, 1.807) is 6.07 Å². The van der Waals surface area contributed by atoms with Gasteiger partial charge >= 0.3 is 0 Å². The molecule has 1 aliphatic rings. The van der Waals surface area contributed by atoms with Crippen LogP contribution >= 0.6 is 0 Å². The van der Waals surface area contributed by atoms with E-state index in [2.05, 4.69) is 9.97 Å². The number of aromatic nitrogens is 2. The Morgan fingerprint density at radius 3 is 2.61 bits per heavy atom. The molecule has 0 atom stereocenters. The lowest BCUT2D eigenvalue weighted by Crippen LogP contribution is -2.49. The third-order valence-electron chi connectivity index (χ3n) is 4.12. The second kappa shape index (κ2) is 7.26. The van der Waals surface area contributed by atoms with E-state index in [1.165, 1.54) is 20.3 Å². The summed E-state index contributed by atoms with van der Waals surface area (Å²) < 4.78 is 72.4. The summed E-state index contributed by atoms with van der Waals surface area (Å²) in [5.41, 5.74) is 6.35. The van der Waals surface area contributed by atoms with Crippen LogP contribution in [-0.4, -0.2) is 61.1 Å². The molecule has 4 rings (SSSR count). The van der Waals surface area contributed by atoms with Gasteiger partial charge < -0.3 is 29.4 Å². The summed E-state index contributed by atoms with van der Waals surface area (Å²) in [7, 11) is 2.87. The zero-order valence-electron chi connectivity index (χ0n) is 22.1. The van der Waals surface area contributed by atoms with Crippen LogP contribution < -0.4 is 20.1 Å². The number of carbonyl (C=O) groups excluding carboxylic acids is 1. The fourth-order valence-electron chi connectivity index (χ4n) is 2.70. The lowest BCUT2D eigenvalue weighted by molar-refractivity contribution is 0.0714. The van der Waals surface area contributed by atoms with Gasteiger partial charge in [0.2, 0.25) is 5.95 Å². The molecule has 9 heteroatoms. The van der Waals surface area contributed by atoms with E-state index in [1.807, 2.05) is 0 Å². The van der Waals surface area contributed by atoms with Gasteiger partial charge in [-0.1, -0.05) is 0 Å². The molecular weight excluding hydrogens is 362 g/mol. The van der Waals surface area contributed by atoms with Crippen LogP contribution in [0.15, 0.2) is 34.9 Å². The van der Waals surface area contributed by atoms with Gasteiger partial charge in [-0.05, 0) is 18.2 Å². The number of ether oxygens (including phenoxy) is 2. The average Bonchev–Trinajstić information content (AvgIpc) is 3.03. The number of hydrogen-bond acceptors (Lipinski definition) is 8. The van der Waals surface area contributed by atoms with Gasteiger partial charge in [0.05, 0.1) is 34.2 Å². The molecule has 2 aromatic heterocycles. The number of rotatable bonds is 4. The lowest BCUT2D eigenvalue weighted by atomic mass is 10.2. The first-order chi connectivity index (χ1) is 16.3. The average molecular weight is 390 g/mol. The van der Waals surface area contributed by atoms with Crippen LogP contribution in [0.2, 0.25) is 0 Å². The Balaban J connectivity index is 1.75. The largest absolute Gasteiger partial charge is 0.493 e. The third kappa shape index (κ3) is 3.15. The Hall–Kier alpha value is -3.49. The Morgan fingerprint density at radius 2 is 1.96 bits per heavy atom. The highest BCUT2D eigenvalue weighted by Crippen LogP contribution is 2.34. The highest BCUT2D eigenvalue weighted by atomic mass is 16.5. The number of methoxy groups -OCH3 is 2. The second-order valence-electron chi connectivity index (χ2n) is 5.73. The molecule has 1 fully saturated rings. The van der Waals surface area contributed by atoms with Crippen molar-refractivity contribution in [3.63, 3.8) is 0 Å². The standard InChI is InChI=1S/C19H21N5O4/c1-26-15-10-12-13(11-16(15)27-2)21-19(22-17(12)20)24-7-5-23(6-8-24)18(25)14-4-3-9-28-14/h3-4,9-11H,5-8H2,1-2H3,(H2,20,21,22)/i3D,4D,7D2,8D2,9D. The highest BCUT2D eigenvalue weighted by molar-refractivity contribution is 5.92. The summed E-state index contributed by atoms with van der Waals surface area (Å²) in [4.78, 5) is 22.8. The molecule has 1 aliphatic heterocycles. The van der Waals surface area contributed by atoms with E-state index in [0.717, 1.165) is 4.90 Å². The second-order valence-corrected chi connectivity index (χ2v) is 5.73. The summed E-state index contributed by atoms with van der Waals surface area (Å²) in [6, 6.07) is 1.84. The van der Waals surface area contributed by atoms with Crippen molar-refractivity contribution in [2.75, 3.05) is 50.9 Å². The van der Waals surface area contributed by atoms with Gasteiger partial charge in [0, 0.05) is 37.5 Å². The number of benzene rings is 1. The topological polar surface area (TPSA) is 107 Å². The van der Waals surface area contributed by atoms with E-state index in [4.69, 9.17) is 29.2 Å². The number of nitrogens with two attached hydrogens (primary N) is 1. The molecule has 0 spiro atoms. The first-order valence-electron chi connectivity index (χ1n) is 11.7. The van der Waals surface area contributed by atoms with Crippen LogP contribution in [0, 0.1) is 0 Å². The predicted molar refractivity (Wildman–Crippen MR) is 104 cm³/mol. The van der Waals surface area contributed by atoms with E-state index in [9.17, 15) is 4.79 Å². The SMILES string of the molecule is [2H]c1oc(C(=O)N2CC([2H])([2H])N(c3nc(N)c4cc(OC)c(OC)cc4n3)C([2H])([2H])C2)c([2H])c1[2H]. The molecule has 0 radical (unpaired) electrons. The molecular formula is C19H21N5O4. The quantitative estimate of drug-likeness (QED) is 0.718. The normalized spacial score (nSPS) is 21.6. The number of amides is 1. The maximum absolute atomic E-state index is 12.9. The number of nitrogens with zero attached hydrogens (tertiary/aromatic N) is 4. The molecule has 0 bridgehead atoms. The number of piperazine rings is 1. The number of anilines is 2. The smallest absolute Gasteiger partial charge is 0.289 e. The zero-order chi connectivity index (χ0) is 25.9. The maximum atomic E-state index is 12.9. The van der Waals surface area contributed by atoms with Crippen molar-refractivity contribution in [2.24, 2.45) is 0 Å². The maximum Gasteiger partial charge on any atom is 0.289 e. The Morgan fingerprint density at radius 1 is 1.25 bits per heavy atom. The molecule has 146 valence electrons. The zero-order valence-corrected chi connectivity index (χ0v) is 15.1. The fourth-order valence-corrected chi connectivity index (χ4v) is 2.70. The minimum Gasteiger partial charge on any atom is -0.493 e. The van der Waals surface area contributed by atoms with E-state index in [-0.39, 0.29) is 17.3 Å². The summed E-state index contributed by atoms with van der Waals surface area (Å²) >= 11 is 0. The van der Waals surface area contributed by atoms with Gasteiger partial charge in [-0.15, -0.1) is 0 Å². The summed E-state index contributed by atoms with van der Waals surface area (Å²) in [6.07, 6.45) is -0.685. The fraction of sp³-hybridized carbons (Fsp3) is 0.316. The van der Waals surface area contributed by atoms with Crippen molar-refractivity contribution < 1.29 is 28.3 Å². The van der Waals surface area contributed by atoms with Crippen molar-refractivity contribution >= 4 is 28.6 Å². The predicted octanol–water partition coefficient (Wildman–Crippen LogP) is 1.78. The minimum absolute atomic E-state index is 0.0450. The van der Waals surface area contributed by atoms with Crippen molar-refractivity contribution in [1.29, 1.82) is 0 Å². The molecule has 3 aromatic rings. The molecule has 1 amide bonds. The van der Waals surface area contributed by atoms with Crippen LogP contribution in [0.3, 0.4) is 0 Å². The van der Waals surface area contributed by atoms with Gasteiger partial charge in [0.15, 0.2) is 17.3 Å². The van der Waals surface area contributed by atoms with Gasteiger partial charge in [-0.2, -0.15) is 4.98 Å². The minimum atomic E-state index is -2.52. The molecule has 9 nitrogen and oxygen atoms in total. The number of fused-ring (bicyclic) bond motifs is 1. The van der Waals surface area contributed by atoms with E-state index >= 15 is 0 Å². The van der Waals surface area contributed by atoms with Crippen molar-refractivity contribution in [3.05, 3.63) is 36.2 Å². The van der Waals surface area contributed by atoms with E-state index < -0.39 is 56.1 Å². The molecule has 0 unspecified atom stereocenters. The van der Waals surface area contributed by atoms with Crippen LogP contribution in [0.25, 0.3) is 10.9 Å². The lowest BCUT2D eigenvalue weighted by Gasteiger charge is -2.34. The highest BCUT2D eigenvalue weighted by Gasteiger charge is 2.25. The van der Waals surface area contributed by atoms with Crippen LogP contribution in [-0.2, 0) is 0 Å². The first kappa shape index (κ1) is 11.4. The molecule has 28 heavy (non-hydrogen) atoms. The summed E-state index contributed by atoms with van der Waals surface area (Å²) in [5, 5.41) is 0.388. The van der Waals surface area contributed by atoms with Gasteiger partial charge in [0.25, 0.3) is 5.91 Å². The van der Waals surface area contributed by atoms with Crippen molar-refractivity contribution in [1.82, 2.24) is 14.9 Å². The summed E-state index contributed by atoms with van der Waals surface area (Å²) in [6.45, 7) is -6.31. The number of furan rings is 1. The Labute approximate surface area is 171 Å². The monoisotopic (exact) mass is 390 g/mol. The Kier molecular flexibility index (Phi) is 2.95. The Bertz CT molecular complexity index is 1310. The molecule has 1 saturated heterocycles. The molecule has 2 N–H and O–H groups in total. The third-order valence-corrected chi connectivity index (χ3v) is 4.12. The van der Waals surface area contributed by atoms with Crippen molar-refractivity contribution in [3.8, 4) is 11.5 Å². The first-order valence-corrected chi connectivity index (χ1v) is 8.16. The van der Waals surface area contributed by atoms with Gasteiger partial charge in [-0.3, -0.25) is 4.79 Å². The molecule has 3 heterocycles. The number of carbonyl (C=O) groups is 1. The number of nitrogen functional groups attached to an aromatic ring is 1. The molecule has 0 aliphatic carbocycles. The van der Waals surface area contributed by atoms with Crippen LogP contribution in [0.1, 0.15) is 20.2 Å². The van der Waals surface area contributed by atoms with Crippen LogP contribution in [0.4, 0.5) is 11.8 Å².